The average Bonchev–Trinajstić information content (AvgIpc) is 2.82. The molecule has 3 rings (SSSR count). The van der Waals surface area contributed by atoms with Crippen molar-refractivity contribution in [1.29, 1.82) is 0 Å². The van der Waals surface area contributed by atoms with E-state index in [4.69, 9.17) is 0 Å². The van der Waals surface area contributed by atoms with E-state index in [-0.39, 0.29) is 17.8 Å². The number of phenols is 1. The predicted octanol–water partition coefficient (Wildman–Crippen LogP) is 3.03. The fourth-order valence-electron chi connectivity index (χ4n) is 3.06. The van der Waals surface area contributed by atoms with Gasteiger partial charge in [-0.2, -0.15) is 0 Å². The molecule has 98 valence electrons. The molecule has 2 heteroatoms. The van der Waals surface area contributed by atoms with Crippen LogP contribution in [0.3, 0.4) is 0 Å². The highest BCUT2D eigenvalue weighted by Crippen LogP contribution is 2.36. The third kappa shape index (κ3) is 2.49. The van der Waals surface area contributed by atoms with Crippen LogP contribution in [-0.2, 0) is 12.8 Å². The molecule has 0 spiro atoms. The van der Waals surface area contributed by atoms with E-state index in [1.54, 1.807) is 12.1 Å². The van der Waals surface area contributed by atoms with Gasteiger partial charge in [0.25, 0.3) is 0 Å². The van der Waals surface area contributed by atoms with Gasteiger partial charge >= 0.3 is 0 Å². The van der Waals surface area contributed by atoms with Crippen molar-refractivity contribution in [3.8, 4) is 5.75 Å². The zero-order valence-electron chi connectivity index (χ0n) is 10.8. The summed E-state index contributed by atoms with van der Waals surface area (Å²) < 4.78 is 0. The summed E-state index contributed by atoms with van der Waals surface area (Å²) >= 11 is 0. The maximum absolute atomic E-state index is 10.5. The highest BCUT2D eigenvalue weighted by Gasteiger charge is 2.28. The monoisotopic (exact) mass is 254 g/mol. The van der Waals surface area contributed by atoms with Crippen molar-refractivity contribution in [1.82, 2.24) is 0 Å². The first kappa shape index (κ1) is 12.2. The first-order valence-corrected chi connectivity index (χ1v) is 6.78. The SMILES string of the molecule is Oc1cccc(CC(O)C2CCc3ccccc32)c1. The van der Waals surface area contributed by atoms with Gasteiger partial charge in [-0.15, -0.1) is 0 Å². The van der Waals surface area contributed by atoms with Gasteiger partial charge in [0.15, 0.2) is 0 Å². The second-order valence-corrected chi connectivity index (χ2v) is 5.29. The van der Waals surface area contributed by atoms with Crippen molar-refractivity contribution < 1.29 is 10.2 Å². The Balaban J connectivity index is 1.77. The number of fused-ring (bicyclic) bond motifs is 1. The van der Waals surface area contributed by atoms with Crippen LogP contribution in [0.1, 0.15) is 29.0 Å². The van der Waals surface area contributed by atoms with Crippen molar-refractivity contribution in [3.05, 3.63) is 65.2 Å². The van der Waals surface area contributed by atoms with E-state index in [1.165, 1.54) is 11.1 Å². The third-order valence-electron chi connectivity index (χ3n) is 4.00. The molecule has 1 aliphatic rings. The minimum absolute atomic E-state index is 0.221. The Kier molecular flexibility index (Phi) is 3.26. The van der Waals surface area contributed by atoms with Gasteiger partial charge in [-0.1, -0.05) is 36.4 Å². The number of phenolic OH excluding ortho intramolecular Hbond substituents is 1. The number of aromatic hydroxyl groups is 1. The van der Waals surface area contributed by atoms with Crippen LogP contribution in [0.15, 0.2) is 48.5 Å². The minimum atomic E-state index is -0.384. The third-order valence-corrected chi connectivity index (χ3v) is 4.00. The molecule has 19 heavy (non-hydrogen) atoms. The number of aliphatic hydroxyl groups excluding tert-OH is 1. The Morgan fingerprint density at radius 2 is 1.95 bits per heavy atom. The first-order chi connectivity index (χ1) is 9.24. The number of aryl methyl sites for hydroxylation is 1. The van der Waals surface area contributed by atoms with E-state index >= 15 is 0 Å². The van der Waals surface area contributed by atoms with Crippen molar-refractivity contribution in [2.75, 3.05) is 0 Å². The summed E-state index contributed by atoms with van der Waals surface area (Å²) in [6.07, 6.45) is 2.27. The van der Waals surface area contributed by atoms with E-state index in [0.717, 1.165) is 18.4 Å². The summed E-state index contributed by atoms with van der Waals surface area (Å²) in [6, 6.07) is 15.5. The molecule has 1 aliphatic carbocycles. The molecule has 0 aromatic heterocycles. The van der Waals surface area contributed by atoms with E-state index in [1.807, 2.05) is 18.2 Å². The highest BCUT2D eigenvalue weighted by atomic mass is 16.3. The second kappa shape index (κ2) is 5.06. The normalized spacial score (nSPS) is 19.1. The lowest BCUT2D eigenvalue weighted by molar-refractivity contribution is 0.143. The number of rotatable bonds is 3. The maximum Gasteiger partial charge on any atom is 0.115 e. The molecule has 0 bridgehead atoms. The molecule has 0 fully saturated rings. The van der Waals surface area contributed by atoms with Gasteiger partial charge in [-0.25, -0.2) is 0 Å². The Morgan fingerprint density at radius 1 is 1.11 bits per heavy atom. The second-order valence-electron chi connectivity index (χ2n) is 5.29. The quantitative estimate of drug-likeness (QED) is 0.884. The van der Waals surface area contributed by atoms with Gasteiger partial charge in [-0.3, -0.25) is 0 Å². The van der Waals surface area contributed by atoms with Crippen LogP contribution in [0.5, 0.6) is 5.75 Å². The largest absolute Gasteiger partial charge is 0.508 e. The lowest BCUT2D eigenvalue weighted by atomic mass is 9.91. The Bertz CT molecular complexity index is 577. The number of aliphatic hydroxyl groups is 1. The fourth-order valence-corrected chi connectivity index (χ4v) is 3.06. The van der Waals surface area contributed by atoms with Crippen molar-refractivity contribution in [2.45, 2.75) is 31.3 Å². The molecule has 2 aromatic rings. The molecule has 0 aliphatic heterocycles. The number of hydrogen-bond donors (Lipinski definition) is 2. The van der Waals surface area contributed by atoms with Crippen LogP contribution in [0.25, 0.3) is 0 Å². The van der Waals surface area contributed by atoms with Crippen molar-refractivity contribution in [3.63, 3.8) is 0 Å². The standard InChI is InChI=1S/C17H18O2/c18-14-6-3-4-12(10-14)11-17(19)16-9-8-13-5-1-2-7-15(13)16/h1-7,10,16-19H,8-9,11H2. The van der Waals surface area contributed by atoms with Crippen LogP contribution >= 0.6 is 0 Å². The molecule has 2 unspecified atom stereocenters. The fraction of sp³-hybridized carbons (Fsp3) is 0.294. The zero-order valence-corrected chi connectivity index (χ0v) is 10.8. The topological polar surface area (TPSA) is 40.5 Å². The van der Waals surface area contributed by atoms with E-state index in [0.29, 0.717) is 6.42 Å². The number of benzene rings is 2. The predicted molar refractivity (Wildman–Crippen MR) is 75.3 cm³/mol. The first-order valence-electron chi connectivity index (χ1n) is 6.78. The van der Waals surface area contributed by atoms with Crippen molar-refractivity contribution in [2.24, 2.45) is 0 Å². The van der Waals surface area contributed by atoms with Crippen LogP contribution in [-0.4, -0.2) is 16.3 Å². The molecule has 2 atom stereocenters. The zero-order chi connectivity index (χ0) is 13.2. The number of hydrogen-bond acceptors (Lipinski definition) is 2. The molecule has 2 N–H and O–H groups in total. The average molecular weight is 254 g/mol. The van der Waals surface area contributed by atoms with Gasteiger partial charge < -0.3 is 10.2 Å². The molecule has 0 saturated carbocycles. The van der Waals surface area contributed by atoms with Crippen molar-refractivity contribution >= 4 is 0 Å². The Hall–Kier alpha value is -1.80. The Morgan fingerprint density at radius 3 is 2.79 bits per heavy atom. The van der Waals surface area contributed by atoms with E-state index in [9.17, 15) is 10.2 Å². The molecule has 0 saturated heterocycles. The summed E-state index contributed by atoms with van der Waals surface area (Å²) in [5, 5.41) is 19.9. The summed E-state index contributed by atoms with van der Waals surface area (Å²) in [5.74, 6) is 0.482. The summed E-state index contributed by atoms with van der Waals surface area (Å²) in [4.78, 5) is 0. The molecule has 0 radical (unpaired) electrons. The minimum Gasteiger partial charge on any atom is -0.508 e. The summed E-state index contributed by atoms with van der Waals surface area (Å²) in [5.41, 5.74) is 3.63. The molecular weight excluding hydrogens is 236 g/mol. The van der Waals surface area contributed by atoms with Crippen LogP contribution in [0.2, 0.25) is 0 Å². The van der Waals surface area contributed by atoms with E-state index < -0.39 is 0 Å². The van der Waals surface area contributed by atoms with Crippen LogP contribution < -0.4 is 0 Å². The van der Waals surface area contributed by atoms with Gasteiger partial charge in [0.05, 0.1) is 6.10 Å². The highest BCUT2D eigenvalue weighted by molar-refractivity contribution is 5.36. The summed E-state index contributed by atoms with van der Waals surface area (Å²) in [6.45, 7) is 0. The molecule has 0 heterocycles. The van der Waals surface area contributed by atoms with Gasteiger partial charge in [0.2, 0.25) is 0 Å². The van der Waals surface area contributed by atoms with Gasteiger partial charge in [0, 0.05) is 5.92 Å². The van der Waals surface area contributed by atoms with Gasteiger partial charge in [-0.05, 0) is 48.1 Å². The van der Waals surface area contributed by atoms with Crippen LogP contribution in [0, 0.1) is 0 Å². The maximum atomic E-state index is 10.5. The lowest BCUT2D eigenvalue weighted by Gasteiger charge is -2.19. The molecule has 0 amide bonds. The lowest BCUT2D eigenvalue weighted by Crippen LogP contribution is -2.19. The van der Waals surface area contributed by atoms with Crippen LogP contribution in [0.4, 0.5) is 0 Å². The molecule has 2 nitrogen and oxygen atoms in total. The molecule has 2 aromatic carbocycles. The van der Waals surface area contributed by atoms with Gasteiger partial charge in [0.1, 0.15) is 5.75 Å². The summed E-state index contributed by atoms with van der Waals surface area (Å²) in [7, 11) is 0. The smallest absolute Gasteiger partial charge is 0.115 e. The van der Waals surface area contributed by atoms with E-state index in [2.05, 4.69) is 18.2 Å². The molecular formula is C17H18O2. The Labute approximate surface area is 113 Å².